The first-order chi connectivity index (χ1) is 9.70. The Morgan fingerprint density at radius 3 is 2.43 bits per heavy atom. The first-order valence-electron chi connectivity index (χ1n) is 5.51. The van der Waals surface area contributed by atoms with Crippen molar-refractivity contribution in [3.8, 4) is 0 Å². The van der Waals surface area contributed by atoms with E-state index in [0.29, 0.717) is 5.56 Å². The Labute approximate surface area is 136 Å². The summed E-state index contributed by atoms with van der Waals surface area (Å²) in [5.74, 6) is 0.165. The van der Waals surface area contributed by atoms with Crippen molar-refractivity contribution in [2.24, 2.45) is 12.8 Å². The molecular formula is C11H10Cl2N4O2S2. The Morgan fingerprint density at radius 2 is 1.90 bits per heavy atom. The second-order valence-electron chi connectivity index (χ2n) is 4.11. The van der Waals surface area contributed by atoms with E-state index in [1.54, 1.807) is 7.05 Å². The van der Waals surface area contributed by atoms with E-state index in [1.807, 2.05) is 0 Å². The highest BCUT2D eigenvalue weighted by molar-refractivity contribution is 7.92. The van der Waals surface area contributed by atoms with Crippen LogP contribution in [0.1, 0.15) is 5.56 Å². The minimum absolute atomic E-state index is 0.0323. The zero-order valence-electron chi connectivity index (χ0n) is 10.7. The van der Waals surface area contributed by atoms with Crippen molar-refractivity contribution in [3.63, 3.8) is 0 Å². The number of nitrogens with zero attached hydrogens (tertiary/aromatic N) is 2. The summed E-state index contributed by atoms with van der Waals surface area (Å²) in [6, 6.07) is 4.01. The number of hydrogen-bond acceptors (Lipinski definition) is 4. The van der Waals surface area contributed by atoms with Gasteiger partial charge in [0, 0.05) is 17.1 Å². The molecule has 2 aromatic rings. The molecule has 1 aromatic heterocycles. The first-order valence-corrected chi connectivity index (χ1v) is 8.16. The molecule has 112 valence electrons. The number of rotatable bonds is 4. The van der Waals surface area contributed by atoms with Crippen LogP contribution in [0.5, 0.6) is 0 Å². The summed E-state index contributed by atoms with van der Waals surface area (Å²) in [5, 5.41) is 4.34. The molecule has 21 heavy (non-hydrogen) atoms. The van der Waals surface area contributed by atoms with Gasteiger partial charge in [0.25, 0.3) is 10.0 Å². The minimum Gasteiger partial charge on any atom is -0.389 e. The molecule has 0 aliphatic carbocycles. The van der Waals surface area contributed by atoms with Gasteiger partial charge in [-0.25, -0.2) is 8.42 Å². The monoisotopic (exact) mass is 364 g/mol. The summed E-state index contributed by atoms with van der Waals surface area (Å²) in [6.45, 7) is 0. The van der Waals surface area contributed by atoms with E-state index >= 15 is 0 Å². The molecule has 2 rings (SSSR count). The molecule has 0 spiro atoms. The van der Waals surface area contributed by atoms with Crippen LogP contribution in [0.2, 0.25) is 10.0 Å². The third kappa shape index (κ3) is 3.46. The number of aromatic nitrogens is 2. The van der Waals surface area contributed by atoms with Gasteiger partial charge in [0.2, 0.25) is 0 Å². The molecular weight excluding hydrogens is 355 g/mol. The molecule has 3 N–H and O–H groups in total. The van der Waals surface area contributed by atoms with Crippen LogP contribution in [0.4, 0.5) is 5.82 Å². The van der Waals surface area contributed by atoms with E-state index in [2.05, 4.69) is 9.82 Å². The van der Waals surface area contributed by atoms with Gasteiger partial charge in [0.15, 0.2) is 0 Å². The highest BCUT2D eigenvalue weighted by atomic mass is 35.5. The topological polar surface area (TPSA) is 90.0 Å². The number of aryl methyl sites for hydroxylation is 1. The van der Waals surface area contributed by atoms with Crippen LogP contribution in [-0.4, -0.2) is 23.2 Å². The van der Waals surface area contributed by atoms with E-state index < -0.39 is 10.0 Å². The van der Waals surface area contributed by atoms with Gasteiger partial charge in [0.05, 0.1) is 16.7 Å². The van der Waals surface area contributed by atoms with Crippen LogP contribution < -0.4 is 10.5 Å². The van der Waals surface area contributed by atoms with E-state index in [4.69, 9.17) is 41.2 Å². The SMILES string of the molecule is Cn1ncc(C(N)=S)c1NS(=O)(=O)c1cc(Cl)cc(Cl)c1. The molecule has 0 aliphatic heterocycles. The van der Waals surface area contributed by atoms with Gasteiger partial charge in [-0.2, -0.15) is 5.10 Å². The van der Waals surface area contributed by atoms with Gasteiger partial charge in [0.1, 0.15) is 10.8 Å². The molecule has 6 nitrogen and oxygen atoms in total. The lowest BCUT2D eigenvalue weighted by Crippen LogP contribution is -2.19. The predicted octanol–water partition coefficient (Wildman–Crippen LogP) is 2.16. The van der Waals surface area contributed by atoms with Crippen LogP contribution in [0.3, 0.4) is 0 Å². The van der Waals surface area contributed by atoms with Gasteiger partial charge in [-0.15, -0.1) is 0 Å². The van der Waals surface area contributed by atoms with Crippen molar-refractivity contribution >= 4 is 56.2 Å². The van der Waals surface area contributed by atoms with Crippen molar-refractivity contribution in [1.29, 1.82) is 0 Å². The second-order valence-corrected chi connectivity index (χ2v) is 7.10. The number of thiocarbonyl (C=S) groups is 1. The molecule has 0 saturated carbocycles. The summed E-state index contributed by atoms with van der Waals surface area (Å²) < 4.78 is 28.4. The van der Waals surface area contributed by atoms with Crippen molar-refractivity contribution in [2.45, 2.75) is 4.90 Å². The van der Waals surface area contributed by atoms with Crippen LogP contribution in [-0.2, 0) is 17.1 Å². The number of benzene rings is 1. The quantitative estimate of drug-likeness (QED) is 0.811. The van der Waals surface area contributed by atoms with E-state index in [9.17, 15) is 8.42 Å². The maximum absolute atomic E-state index is 12.4. The van der Waals surface area contributed by atoms with Gasteiger partial charge in [-0.05, 0) is 18.2 Å². The Bertz CT molecular complexity index is 797. The summed E-state index contributed by atoms with van der Waals surface area (Å²) >= 11 is 16.5. The average Bonchev–Trinajstić information content (AvgIpc) is 2.69. The van der Waals surface area contributed by atoms with Crippen molar-refractivity contribution in [2.75, 3.05) is 4.72 Å². The highest BCUT2D eigenvalue weighted by Crippen LogP contribution is 2.25. The predicted molar refractivity (Wildman–Crippen MR) is 86.4 cm³/mol. The molecule has 10 heteroatoms. The van der Waals surface area contributed by atoms with Crippen LogP contribution >= 0.6 is 35.4 Å². The smallest absolute Gasteiger partial charge is 0.263 e. The number of anilines is 1. The fourth-order valence-electron chi connectivity index (χ4n) is 1.61. The Kier molecular flexibility index (Phi) is 4.43. The van der Waals surface area contributed by atoms with Crippen LogP contribution in [0.15, 0.2) is 29.3 Å². The number of sulfonamides is 1. The van der Waals surface area contributed by atoms with Gasteiger partial charge in [-0.3, -0.25) is 9.40 Å². The van der Waals surface area contributed by atoms with Crippen molar-refractivity contribution < 1.29 is 8.42 Å². The largest absolute Gasteiger partial charge is 0.389 e. The average molecular weight is 365 g/mol. The van der Waals surface area contributed by atoms with Crippen LogP contribution in [0.25, 0.3) is 0 Å². The molecule has 0 amide bonds. The maximum atomic E-state index is 12.4. The molecule has 0 saturated heterocycles. The molecule has 0 bridgehead atoms. The Morgan fingerprint density at radius 1 is 1.33 bits per heavy atom. The molecule has 0 aliphatic rings. The summed E-state index contributed by atoms with van der Waals surface area (Å²) in [6.07, 6.45) is 1.38. The minimum atomic E-state index is -3.90. The van der Waals surface area contributed by atoms with Crippen molar-refractivity contribution in [3.05, 3.63) is 40.0 Å². The zero-order valence-corrected chi connectivity index (χ0v) is 13.8. The second kappa shape index (κ2) is 5.80. The van der Waals surface area contributed by atoms with Crippen LogP contribution in [0, 0.1) is 0 Å². The number of halogens is 2. The number of hydrogen-bond donors (Lipinski definition) is 2. The van der Waals surface area contributed by atoms with Gasteiger partial charge < -0.3 is 5.73 Å². The molecule has 1 aromatic carbocycles. The third-order valence-corrected chi connectivity index (χ3v) is 4.56. The van der Waals surface area contributed by atoms with E-state index in [-0.39, 0.29) is 25.7 Å². The summed E-state index contributed by atoms with van der Waals surface area (Å²) in [7, 11) is -2.34. The molecule has 1 heterocycles. The standard InChI is InChI=1S/C11H10Cl2N4O2S2/c1-17-11(9(5-15-17)10(14)20)16-21(18,19)8-3-6(12)2-7(13)4-8/h2-5,16H,1H3,(H2,14,20). The van der Waals surface area contributed by atoms with E-state index in [1.165, 1.54) is 29.1 Å². The fourth-order valence-corrected chi connectivity index (χ4v) is 3.59. The lowest BCUT2D eigenvalue weighted by Gasteiger charge is -2.10. The highest BCUT2D eigenvalue weighted by Gasteiger charge is 2.20. The third-order valence-electron chi connectivity index (χ3n) is 2.58. The lowest BCUT2D eigenvalue weighted by molar-refractivity contribution is 0.600. The first kappa shape index (κ1) is 16.0. The van der Waals surface area contributed by atoms with E-state index in [0.717, 1.165) is 0 Å². The van der Waals surface area contributed by atoms with Crippen molar-refractivity contribution in [1.82, 2.24) is 9.78 Å². The molecule has 0 atom stereocenters. The summed E-state index contributed by atoms with van der Waals surface area (Å²) in [5.41, 5.74) is 5.86. The maximum Gasteiger partial charge on any atom is 0.263 e. The molecule has 0 radical (unpaired) electrons. The molecule has 0 fully saturated rings. The van der Waals surface area contributed by atoms with Gasteiger partial charge >= 0.3 is 0 Å². The number of nitrogens with one attached hydrogen (secondary N) is 1. The number of nitrogens with two attached hydrogens (primary N) is 1. The Balaban J connectivity index is 2.47. The summed E-state index contributed by atoms with van der Waals surface area (Å²) in [4.78, 5) is -0.0417. The van der Waals surface area contributed by atoms with Gasteiger partial charge in [-0.1, -0.05) is 35.4 Å². The molecule has 0 unspecified atom stereocenters. The Hall–Kier alpha value is -1.35. The normalized spacial score (nSPS) is 11.4. The zero-order chi connectivity index (χ0) is 15.8. The fraction of sp³-hybridized carbons (Fsp3) is 0.0909. The lowest BCUT2D eigenvalue weighted by atomic mass is 10.3.